The highest BCUT2D eigenvalue weighted by atomic mass is 15.2. The summed E-state index contributed by atoms with van der Waals surface area (Å²) in [5.41, 5.74) is 3.14. The molecule has 2 atom stereocenters. The summed E-state index contributed by atoms with van der Waals surface area (Å²) >= 11 is 0. The highest BCUT2D eigenvalue weighted by molar-refractivity contribution is 5.52. The van der Waals surface area contributed by atoms with Gasteiger partial charge in [0.15, 0.2) is 11.5 Å². The van der Waals surface area contributed by atoms with Gasteiger partial charge in [-0.3, -0.25) is 0 Å². The van der Waals surface area contributed by atoms with Crippen LogP contribution in [0.2, 0.25) is 0 Å². The fourth-order valence-corrected chi connectivity index (χ4v) is 3.22. The first-order valence-corrected chi connectivity index (χ1v) is 7.24. The van der Waals surface area contributed by atoms with E-state index in [-0.39, 0.29) is 0 Å². The molecule has 2 unspecified atom stereocenters. The van der Waals surface area contributed by atoms with E-state index in [0.717, 1.165) is 13.0 Å². The van der Waals surface area contributed by atoms with Crippen molar-refractivity contribution < 1.29 is 0 Å². The lowest BCUT2D eigenvalue weighted by Gasteiger charge is -2.22. The Balaban J connectivity index is 1.91. The van der Waals surface area contributed by atoms with E-state index in [1.54, 1.807) is 12.4 Å². The first-order valence-electron chi connectivity index (χ1n) is 7.24. The predicted octanol–water partition coefficient (Wildman–Crippen LogP) is 3.04. The molecule has 1 aliphatic heterocycles. The standard InChI is InChI=1S/C17H18N4/c1-12-5-3-4-6-15(12)14-9-13(2)21(11-14)17-16(10-18)19-7-8-20-17/h3-8,13-14H,9,11H2,1-2H3. The van der Waals surface area contributed by atoms with E-state index in [0.29, 0.717) is 23.5 Å². The lowest BCUT2D eigenvalue weighted by molar-refractivity contribution is 0.693. The van der Waals surface area contributed by atoms with Gasteiger partial charge in [0.05, 0.1) is 0 Å². The minimum Gasteiger partial charge on any atom is -0.351 e. The summed E-state index contributed by atoms with van der Waals surface area (Å²) in [7, 11) is 0. The molecule has 0 N–H and O–H groups in total. The molecule has 21 heavy (non-hydrogen) atoms. The highest BCUT2D eigenvalue weighted by Crippen LogP contribution is 2.35. The third-order valence-corrected chi connectivity index (χ3v) is 4.26. The zero-order valence-corrected chi connectivity index (χ0v) is 12.3. The lowest BCUT2D eigenvalue weighted by atomic mass is 9.93. The second-order valence-electron chi connectivity index (χ2n) is 5.63. The van der Waals surface area contributed by atoms with Crippen molar-refractivity contribution in [2.45, 2.75) is 32.2 Å². The predicted molar refractivity (Wildman–Crippen MR) is 82.1 cm³/mol. The van der Waals surface area contributed by atoms with Gasteiger partial charge in [-0.05, 0) is 31.4 Å². The van der Waals surface area contributed by atoms with Crippen LogP contribution in [0.5, 0.6) is 0 Å². The lowest BCUT2D eigenvalue weighted by Crippen LogP contribution is -2.28. The molecule has 2 heterocycles. The third-order valence-electron chi connectivity index (χ3n) is 4.26. The van der Waals surface area contributed by atoms with Crippen molar-refractivity contribution in [1.82, 2.24) is 9.97 Å². The largest absolute Gasteiger partial charge is 0.351 e. The molecule has 0 aliphatic carbocycles. The molecule has 4 nitrogen and oxygen atoms in total. The number of aromatic nitrogens is 2. The van der Waals surface area contributed by atoms with Gasteiger partial charge in [0.1, 0.15) is 6.07 Å². The van der Waals surface area contributed by atoms with Crippen molar-refractivity contribution in [2.75, 3.05) is 11.4 Å². The minimum atomic E-state index is 0.360. The maximum atomic E-state index is 9.21. The van der Waals surface area contributed by atoms with Crippen molar-refractivity contribution in [3.8, 4) is 6.07 Å². The molecule has 4 heteroatoms. The molecule has 3 rings (SSSR count). The van der Waals surface area contributed by atoms with Gasteiger partial charge in [-0.1, -0.05) is 24.3 Å². The van der Waals surface area contributed by atoms with Crippen LogP contribution in [0.3, 0.4) is 0 Å². The number of hydrogen-bond donors (Lipinski definition) is 0. The van der Waals surface area contributed by atoms with E-state index in [1.807, 2.05) is 0 Å². The zero-order chi connectivity index (χ0) is 14.8. The molecule has 2 aromatic rings. The van der Waals surface area contributed by atoms with Gasteiger partial charge in [-0.2, -0.15) is 5.26 Å². The Morgan fingerprint density at radius 1 is 1.24 bits per heavy atom. The Bertz CT molecular complexity index is 689. The van der Waals surface area contributed by atoms with Crippen LogP contribution in [-0.4, -0.2) is 22.6 Å². The molecule has 1 aromatic carbocycles. The topological polar surface area (TPSA) is 52.8 Å². The van der Waals surface area contributed by atoms with Crippen LogP contribution < -0.4 is 4.90 Å². The molecular formula is C17H18N4. The van der Waals surface area contributed by atoms with Gasteiger partial charge < -0.3 is 4.90 Å². The van der Waals surface area contributed by atoms with E-state index in [2.05, 4.69) is 59.1 Å². The summed E-state index contributed by atoms with van der Waals surface area (Å²) in [5.74, 6) is 1.19. The van der Waals surface area contributed by atoms with Crippen molar-refractivity contribution in [1.29, 1.82) is 5.26 Å². The first-order chi connectivity index (χ1) is 10.2. The van der Waals surface area contributed by atoms with Crippen molar-refractivity contribution in [3.63, 3.8) is 0 Å². The molecule has 1 saturated heterocycles. The van der Waals surface area contributed by atoms with Gasteiger partial charge in [0.2, 0.25) is 0 Å². The van der Waals surface area contributed by atoms with Gasteiger partial charge in [0.25, 0.3) is 0 Å². The fourth-order valence-electron chi connectivity index (χ4n) is 3.22. The molecule has 106 valence electrons. The number of hydrogen-bond acceptors (Lipinski definition) is 4. The van der Waals surface area contributed by atoms with Gasteiger partial charge in [0, 0.05) is 30.9 Å². The van der Waals surface area contributed by atoms with Crippen LogP contribution >= 0.6 is 0 Å². The van der Waals surface area contributed by atoms with E-state index in [9.17, 15) is 5.26 Å². The molecule has 0 amide bonds. The summed E-state index contributed by atoms with van der Waals surface area (Å²) in [6.07, 6.45) is 4.30. The third kappa shape index (κ3) is 2.47. The molecular weight excluding hydrogens is 260 g/mol. The molecule has 0 radical (unpaired) electrons. The number of nitrogens with zero attached hydrogens (tertiary/aromatic N) is 4. The van der Waals surface area contributed by atoms with Crippen LogP contribution in [0.1, 0.15) is 36.1 Å². The SMILES string of the molecule is Cc1ccccc1C1CC(C)N(c2nccnc2C#N)C1. The normalized spacial score (nSPS) is 21.3. The number of aryl methyl sites for hydroxylation is 1. The van der Waals surface area contributed by atoms with E-state index >= 15 is 0 Å². The van der Waals surface area contributed by atoms with Crippen LogP contribution in [0.4, 0.5) is 5.82 Å². The Morgan fingerprint density at radius 3 is 2.76 bits per heavy atom. The summed E-state index contributed by atoms with van der Waals surface area (Å²) in [4.78, 5) is 10.7. The second kappa shape index (κ2) is 5.53. The first kappa shape index (κ1) is 13.6. The average molecular weight is 278 g/mol. The quantitative estimate of drug-likeness (QED) is 0.847. The molecule has 1 aromatic heterocycles. The summed E-state index contributed by atoms with van der Waals surface area (Å²) < 4.78 is 0. The average Bonchev–Trinajstić information content (AvgIpc) is 2.89. The monoisotopic (exact) mass is 278 g/mol. The minimum absolute atomic E-state index is 0.360. The fraction of sp³-hybridized carbons (Fsp3) is 0.353. The maximum absolute atomic E-state index is 9.21. The molecule has 1 fully saturated rings. The summed E-state index contributed by atoms with van der Waals surface area (Å²) in [6, 6.07) is 11.0. The molecule has 1 aliphatic rings. The number of nitriles is 1. The van der Waals surface area contributed by atoms with Crippen LogP contribution in [0, 0.1) is 18.3 Å². The van der Waals surface area contributed by atoms with Crippen molar-refractivity contribution in [3.05, 3.63) is 53.5 Å². The van der Waals surface area contributed by atoms with Gasteiger partial charge >= 0.3 is 0 Å². The van der Waals surface area contributed by atoms with E-state index in [1.165, 1.54) is 11.1 Å². The molecule has 0 bridgehead atoms. The van der Waals surface area contributed by atoms with Crippen LogP contribution in [0.15, 0.2) is 36.7 Å². The second-order valence-corrected chi connectivity index (χ2v) is 5.63. The highest BCUT2D eigenvalue weighted by Gasteiger charge is 2.32. The van der Waals surface area contributed by atoms with Crippen molar-refractivity contribution >= 4 is 5.82 Å². The Morgan fingerprint density at radius 2 is 2.00 bits per heavy atom. The van der Waals surface area contributed by atoms with E-state index < -0.39 is 0 Å². The number of rotatable bonds is 2. The summed E-state index contributed by atoms with van der Waals surface area (Å²) in [6.45, 7) is 5.24. The summed E-state index contributed by atoms with van der Waals surface area (Å²) in [5, 5.41) is 9.21. The van der Waals surface area contributed by atoms with Crippen molar-refractivity contribution in [2.24, 2.45) is 0 Å². The van der Waals surface area contributed by atoms with E-state index in [4.69, 9.17) is 0 Å². The Labute approximate surface area is 125 Å². The number of benzene rings is 1. The van der Waals surface area contributed by atoms with Crippen LogP contribution in [-0.2, 0) is 0 Å². The van der Waals surface area contributed by atoms with Gasteiger partial charge in [-0.15, -0.1) is 0 Å². The molecule has 0 spiro atoms. The van der Waals surface area contributed by atoms with Crippen LogP contribution in [0.25, 0.3) is 0 Å². The maximum Gasteiger partial charge on any atom is 0.183 e. The Hall–Kier alpha value is -2.41. The smallest absolute Gasteiger partial charge is 0.183 e. The Kier molecular flexibility index (Phi) is 3.57. The van der Waals surface area contributed by atoms with Gasteiger partial charge in [-0.25, -0.2) is 9.97 Å². The zero-order valence-electron chi connectivity index (χ0n) is 12.3. The molecule has 0 saturated carbocycles. The number of anilines is 1.